The van der Waals surface area contributed by atoms with E-state index in [1.165, 1.54) is 31.4 Å². The summed E-state index contributed by atoms with van der Waals surface area (Å²) in [5, 5.41) is 19.1. The zero-order chi connectivity index (χ0) is 15.6. The number of aryl methyl sites for hydroxylation is 1. The third kappa shape index (κ3) is 2.81. The van der Waals surface area contributed by atoms with Crippen LogP contribution in [0, 0.1) is 5.82 Å². The highest BCUT2D eigenvalue weighted by molar-refractivity contribution is 5.93. The van der Waals surface area contributed by atoms with Gasteiger partial charge in [0.25, 0.3) is 0 Å². The van der Waals surface area contributed by atoms with E-state index in [4.69, 9.17) is 4.74 Å². The molecular formula is C16H15FO4. The van der Waals surface area contributed by atoms with Crippen LogP contribution in [0.5, 0.6) is 11.5 Å². The molecule has 0 fully saturated rings. The Hall–Kier alpha value is -2.56. The Kier molecular flexibility index (Phi) is 4.12. The van der Waals surface area contributed by atoms with Gasteiger partial charge in [0.15, 0.2) is 0 Å². The lowest BCUT2D eigenvalue weighted by Gasteiger charge is -2.13. The molecule has 0 heterocycles. The summed E-state index contributed by atoms with van der Waals surface area (Å²) in [4.78, 5) is 11.2. The fourth-order valence-corrected chi connectivity index (χ4v) is 2.19. The minimum atomic E-state index is -1.22. The van der Waals surface area contributed by atoms with Crippen molar-refractivity contribution in [1.82, 2.24) is 0 Å². The quantitative estimate of drug-likeness (QED) is 0.904. The molecule has 0 aliphatic carbocycles. The normalized spacial score (nSPS) is 10.4. The molecule has 2 rings (SSSR count). The molecule has 110 valence electrons. The van der Waals surface area contributed by atoms with E-state index in [1.807, 2.05) is 6.92 Å². The van der Waals surface area contributed by atoms with Gasteiger partial charge in [-0.3, -0.25) is 0 Å². The monoisotopic (exact) mass is 290 g/mol. The summed E-state index contributed by atoms with van der Waals surface area (Å²) in [7, 11) is 1.41. The number of methoxy groups -OCH3 is 1. The first kappa shape index (κ1) is 14.8. The number of halogens is 1. The Bertz CT molecular complexity index is 695. The number of carboxylic acid groups (broad SMARTS) is 1. The molecule has 2 aromatic carbocycles. The molecule has 0 amide bonds. The van der Waals surface area contributed by atoms with Crippen molar-refractivity contribution in [3.05, 3.63) is 47.3 Å². The van der Waals surface area contributed by atoms with Gasteiger partial charge in [0.05, 0.1) is 7.11 Å². The van der Waals surface area contributed by atoms with Crippen LogP contribution in [0.2, 0.25) is 0 Å². The first-order valence-corrected chi connectivity index (χ1v) is 6.41. The first-order chi connectivity index (χ1) is 9.97. The van der Waals surface area contributed by atoms with E-state index >= 15 is 0 Å². The molecule has 0 atom stereocenters. The molecule has 0 spiro atoms. The number of carboxylic acids is 1. The molecule has 0 unspecified atom stereocenters. The predicted molar refractivity (Wildman–Crippen MR) is 76.4 cm³/mol. The van der Waals surface area contributed by atoms with Crippen molar-refractivity contribution in [3.63, 3.8) is 0 Å². The number of rotatable bonds is 4. The second-order valence-electron chi connectivity index (χ2n) is 4.53. The molecule has 0 radical (unpaired) electrons. The summed E-state index contributed by atoms with van der Waals surface area (Å²) >= 11 is 0. The van der Waals surface area contributed by atoms with Crippen molar-refractivity contribution in [3.8, 4) is 22.6 Å². The lowest BCUT2D eigenvalue weighted by atomic mass is 9.97. The number of phenols is 1. The summed E-state index contributed by atoms with van der Waals surface area (Å²) in [6, 6.07) is 7.06. The lowest BCUT2D eigenvalue weighted by molar-refractivity contribution is 0.0693. The molecular weight excluding hydrogens is 275 g/mol. The van der Waals surface area contributed by atoms with Crippen molar-refractivity contribution < 1.29 is 24.1 Å². The highest BCUT2D eigenvalue weighted by atomic mass is 19.1. The third-order valence-corrected chi connectivity index (χ3v) is 3.27. The van der Waals surface area contributed by atoms with Gasteiger partial charge < -0.3 is 14.9 Å². The maximum atomic E-state index is 13.3. The van der Waals surface area contributed by atoms with Crippen molar-refractivity contribution in [2.24, 2.45) is 0 Å². The van der Waals surface area contributed by atoms with E-state index in [1.54, 1.807) is 6.07 Å². The summed E-state index contributed by atoms with van der Waals surface area (Å²) in [5.41, 5.74) is 1.45. The van der Waals surface area contributed by atoms with Crippen LogP contribution >= 0.6 is 0 Å². The van der Waals surface area contributed by atoms with Gasteiger partial charge in [-0.25, -0.2) is 9.18 Å². The molecule has 0 saturated carbocycles. The molecule has 5 heteroatoms. The average Bonchev–Trinajstić information content (AvgIpc) is 2.47. The van der Waals surface area contributed by atoms with Crippen molar-refractivity contribution in [1.29, 1.82) is 0 Å². The lowest BCUT2D eigenvalue weighted by Crippen LogP contribution is -2.00. The van der Waals surface area contributed by atoms with Crippen LogP contribution in [0.4, 0.5) is 4.39 Å². The van der Waals surface area contributed by atoms with E-state index in [9.17, 15) is 19.4 Å². The molecule has 0 aliphatic heterocycles. The number of hydrogen-bond acceptors (Lipinski definition) is 3. The minimum Gasteiger partial charge on any atom is -0.507 e. The third-order valence-electron chi connectivity index (χ3n) is 3.27. The summed E-state index contributed by atoms with van der Waals surface area (Å²) < 4.78 is 18.4. The van der Waals surface area contributed by atoms with Crippen LogP contribution in [-0.2, 0) is 6.42 Å². The van der Waals surface area contributed by atoms with Gasteiger partial charge in [0, 0.05) is 11.6 Å². The smallest absolute Gasteiger partial charge is 0.339 e. The Labute approximate surface area is 121 Å². The standard InChI is InChI=1S/C16H15FO4/c1-3-9-6-10(7-13(15(9)18)16(19)20)12-5-4-11(17)8-14(12)21-2/h4-8,18H,3H2,1-2H3,(H,19,20). The number of carbonyl (C=O) groups is 1. The zero-order valence-corrected chi connectivity index (χ0v) is 11.7. The van der Waals surface area contributed by atoms with Crippen LogP contribution in [0.3, 0.4) is 0 Å². The molecule has 2 aromatic rings. The number of aromatic carboxylic acids is 1. The van der Waals surface area contributed by atoms with E-state index in [0.717, 1.165) is 0 Å². The van der Waals surface area contributed by atoms with Gasteiger partial charge in [-0.2, -0.15) is 0 Å². The molecule has 21 heavy (non-hydrogen) atoms. The first-order valence-electron chi connectivity index (χ1n) is 6.41. The zero-order valence-electron chi connectivity index (χ0n) is 11.7. The van der Waals surface area contributed by atoms with Crippen LogP contribution in [-0.4, -0.2) is 23.3 Å². The van der Waals surface area contributed by atoms with Gasteiger partial charge in [-0.05, 0) is 41.8 Å². The average molecular weight is 290 g/mol. The maximum Gasteiger partial charge on any atom is 0.339 e. The fourth-order valence-electron chi connectivity index (χ4n) is 2.19. The predicted octanol–water partition coefficient (Wildman–Crippen LogP) is 3.47. The van der Waals surface area contributed by atoms with Gasteiger partial charge in [0.2, 0.25) is 0 Å². The van der Waals surface area contributed by atoms with E-state index < -0.39 is 11.8 Å². The Morgan fingerprint density at radius 1 is 1.29 bits per heavy atom. The van der Waals surface area contributed by atoms with Gasteiger partial charge in [-0.15, -0.1) is 0 Å². The SMILES string of the molecule is CCc1cc(-c2ccc(F)cc2OC)cc(C(=O)O)c1O. The van der Waals surface area contributed by atoms with Crippen LogP contribution in [0.25, 0.3) is 11.1 Å². The molecule has 0 aromatic heterocycles. The van der Waals surface area contributed by atoms with Crippen LogP contribution in [0.1, 0.15) is 22.8 Å². The maximum absolute atomic E-state index is 13.3. The van der Waals surface area contributed by atoms with Crippen LogP contribution in [0.15, 0.2) is 30.3 Å². The number of aromatic hydroxyl groups is 1. The molecule has 2 N–H and O–H groups in total. The second-order valence-corrected chi connectivity index (χ2v) is 4.53. The molecule has 0 bridgehead atoms. The number of benzene rings is 2. The largest absolute Gasteiger partial charge is 0.507 e. The summed E-state index contributed by atoms with van der Waals surface area (Å²) in [6.45, 7) is 1.81. The topological polar surface area (TPSA) is 66.8 Å². The Balaban J connectivity index is 2.69. The molecule has 4 nitrogen and oxygen atoms in total. The Morgan fingerprint density at radius 2 is 2.00 bits per heavy atom. The van der Waals surface area contributed by atoms with Crippen molar-refractivity contribution in [2.75, 3.05) is 7.11 Å². The highest BCUT2D eigenvalue weighted by Crippen LogP contribution is 2.35. The van der Waals surface area contributed by atoms with Gasteiger partial charge in [-0.1, -0.05) is 6.92 Å². The summed E-state index contributed by atoms with van der Waals surface area (Å²) in [5.74, 6) is -1.59. The highest BCUT2D eigenvalue weighted by Gasteiger charge is 2.17. The fraction of sp³-hybridized carbons (Fsp3) is 0.188. The van der Waals surface area contributed by atoms with Gasteiger partial charge in [0.1, 0.15) is 22.9 Å². The van der Waals surface area contributed by atoms with Gasteiger partial charge >= 0.3 is 5.97 Å². The molecule has 0 aliphatic rings. The molecule has 0 saturated heterocycles. The van der Waals surface area contributed by atoms with Crippen molar-refractivity contribution >= 4 is 5.97 Å². The van der Waals surface area contributed by atoms with Crippen molar-refractivity contribution in [2.45, 2.75) is 13.3 Å². The minimum absolute atomic E-state index is 0.185. The number of hydrogen-bond donors (Lipinski definition) is 2. The van der Waals surface area contributed by atoms with E-state index in [-0.39, 0.29) is 11.3 Å². The van der Waals surface area contributed by atoms with Crippen LogP contribution < -0.4 is 4.74 Å². The Morgan fingerprint density at radius 3 is 2.57 bits per heavy atom. The second kappa shape index (κ2) is 5.83. The summed E-state index contributed by atoms with van der Waals surface area (Å²) in [6.07, 6.45) is 0.476. The van der Waals surface area contributed by atoms with E-state index in [2.05, 4.69) is 0 Å². The number of ether oxygens (including phenoxy) is 1. The van der Waals surface area contributed by atoms with E-state index in [0.29, 0.717) is 28.9 Å².